The van der Waals surface area contributed by atoms with Crippen LogP contribution in [0.4, 0.5) is 0 Å². The van der Waals surface area contributed by atoms with Crippen LogP contribution in [-0.2, 0) is 19.8 Å². The molecule has 0 aromatic carbocycles. The summed E-state index contributed by atoms with van der Waals surface area (Å²) in [5.74, 6) is -0.431. The van der Waals surface area contributed by atoms with E-state index in [1.807, 2.05) is 24.3 Å². The van der Waals surface area contributed by atoms with E-state index in [0.717, 1.165) is 40.1 Å². The van der Waals surface area contributed by atoms with Crippen molar-refractivity contribution in [3.63, 3.8) is 0 Å². The summed E-state index contributed by atoms with van der Waals surface area (Å²) in [4.78, 5) is 21.4. The number of methoxy groups -OCH3 is 1. The fourth-order valence-electron chi connectivity index (χ4n) is 3.83. The minimum atomic E-state index is -0.525. The van der Waals surface area contributed by atoms with Crippen molar-refractivity contribution in [2.45, 2.75) is 32.8 Å². The van der Waals surface area contributed by atoms with E-state index < -0.39 is 11.6 Å². The number of ether oxygens (including phenoxy) is 3. The van der Waals surface area contributed by atoms with Crippen LogP contribution >= 0.6 is 0 Å². The van der Waals surface area contributed by atoms with E-state index >= 15 is 0 Å². The highest BCUT2D eigenvalue weighted by Gasteiger charge is 2.38. The number of carbonyl (C=O) groups excluding carboxylic acids is 1. The normalized spacial score (nSPS) is 19.0. The first-order valence-corrected chi connectivity index (χ1v) is 9.74. The first-order valence-electron chi connectivity index (χ1n) is 9.74. The van der Waals surface area contributed by atoms with Crippen LogP contribution < -0.4 is 0 Å². The Balaban J connectivity index is 1.86. The molecule has 0 radical (unpaired) electrons. The van der Waals surface area contributed by atoms with E-state index in [4.69, 9.17) is 19.2 Å². The fourth-order valence-corrected chi connectivity index (χ4v) is 3.83. The maximum Gasteiger partial charge on any atom is 0.357 e. The summed E-state index contributed by atoms with van der Waals surface area (Å²) in [5.41, 5.74) is 5.34. The van der Waals surface area contributed by atoms with Crippen LogP contribution in [0.15, 0.2) is 30.6 Å². The minimum Gasteiger partial charge on any atom is -0.461 e. The Labute approximate surface area is 169 Å². The molecule has 1 atom stereocenters. The number of rotatable bonds is 5. The van der Waals surface area contributed by atoms with Crippen molar-refractivity contribution in [2.75, 3.05) is 26.9 Å². The summed E-state index contributed by atoms with van der Waals surface area (Å²) in [5, 5.41) is 0. The smallest absolute Gasteiger partial charge is 0.357 e. The lowest BCUT2D eigenvalue weighted by Gasteiger charge is -2.26. The molecule has 0 saturated carbocycles. The van der Waals surface area contributed by atoms with Crippen LogP contribution in [0.1, 0.15) is 40.8 Å². The molecule has 0 bridgehead atoms. The number of nitrogens with zero attached hydrogens (tertiary/aromatic N) is 3. The second-order valence-corrected chi connectivity index (χ2v) is 7.37. The number of fused-ring (bicyclic) bond motifs is 1. The van der Waals surface area contributed by atoms with Gasteiger partial charge in [-0.1, -0.05) is 0 Å². The van der Waals surface area contributed by atoms with Gasteiger partial charge in [-0.25, -0.2) is 14.8 Å². The summed E-state index contributed by atoms with van der Waals surface area (Å²) >= 11 is 0. The molecule has 7 nitrogen and oxygen atoms in total. The summed E-state index contributed by atoms with van der Waals surface area (Å²) < 4.78 is 18.5. The first-order chi connectivity index (χ1) is 14.0. The second kappa shape index (κ2) is 7.57. The van der Waals surface area contributed by atoms with Crippen LogP contribution in [-0.4, -0.2) is 47.3 Å². The van der Waals surface area contributed by atoms with Gasteiger partial charge in [0, 0.05) is 31.4 Å². The zero-order valence-corrected chi connectivity index (χ0v) is 17.2. The lowest BCUT2D eigenvalue weighted by atomic mass is 9.95. The molecule has 1 aliphatic heterocycles. The molecule has 29 heavy (non-hydrogen) atoms. The highest BCUT2D eigenvalue weighted by Crippen LogP contribution is 2.35. The van der Waals surface area contributed by atoms with Gasteiger partial charge in [-0.2, -0.15) is 0 Å². The molecule has 3 aromatic heterocycles. The van der Waals surface area contributed by atoms with E-state index in [2.05, 4.69) is 17.1 Å². The molecule has 0 N–H and O–H groups in total. The van der Waals surface area contributed by atoms with E-state index in [-0.39, 0.29) is 5.69 Å². The molecular weight excluding hydrogens is 370 g/mol. The molecule has 0 spiro atoms. The first kappa shape index (κ1) is 19.5. The topological polar surface area (TPSA) is 75.0 Å². The Morgan fingerprint density at radius 1 is 1.28 bits per heavy atom. The van der Waals surface area contributed by atoms with Crippen molar-refractivity contribution in [3.8, 4) is 11.3 Å². The Hall–Kier alpha value is -2.77. The Bertz CT molecular complexity index is 1070. The predicted octanol–water partition coefficient (Wildman–Crippen LogP) is 3.45. The highest BCUT2D eigenvalue weighted by molar-refractivity contribution is 5.91. The lowest BCUT2D eigenvalue weighted by Crippen LogP contribution is -2.30. The Morgan fingerprint density at radius 2 is 2.10 bits per heavy atom. The summed E-state index contributed by atoms with van der Waals surface area (Å²) in [6, 6.07) is 7.91. The van der Waals surface area contributed by atoms with Gasteiger partial charge in [-0.05, 0) is 50.6 Å². The van der Waals surface area contributed by atoms with Crippen molar-refractivity contribution in [2.24, 2.45) is 0 Å². The zero-order chi connectivity index (χ0) is 20.6. The van der Waals surface area contributed by atoms with Crippen molar-refractivity contribution >= 4 is 11.5 Å². The van der Waals surface area contributed by atoms with E-state index in [0.29, 0.717) is 19.8 Å². The molecule has 0 amide bonds. The summed E-state index contributed by atoms with van der Waals surface area (Å²) in [6.07, 6.45) is 2.42. The molecule has 1 aliphatic rings. The Kier molecular flexibility index (Phi) is 5.10. The summed E-state index contributed by atoms with van der Waals surface area (Å²) in [7, 11) is 1.70. The number of carbonyl (C=O) groups is 1. The third-order valence-corrected chi connectivity index (χ3v) is 5.43. The molecular formula is C22H25N3O4. The van der Waals surface area contributed by atoms with Crippen LogP contribution in [0, 0.1) is 13.8 Å². The molecule has 3 aromatic rings. The number of hydrogen-bond acceptors (Lipinski definition) is 6. The highest BCUT2D eigenvalue weighted by atomic mass is 16.5. The van der Waals surface area contributed by atoms with Gasteiger partial charge in [0.2, 0.25) is 0 Å². The van der Waals surface area contributed by atoms with Crippen molar-refractivity contribution < 1.29 is 19.0 Å². The van der Waals surface area contributed by atoms with Gasteiger partial charge >= 0.3 is 5.97 Å². The van der Waals surface area contributed by atoms with Crippen LogP contribution in [0.3, 0.4) is 0 Å². The second-order valence-electron chi connectivity index (χ2n) is 7.37. The third kappa shape index (κ3) is 3.41. The van der Waals surface area contributed by atoms with Crippen LogP contribution in [0.5, 0.6) is 0 Å². The standard InChI is InChI=1S/C22H25N3O4/c1-5-29-21(26)18-11-19-16(10-15(3)25(19)13-23-18)17-8-14(2)9-20(24-17)22(27-4)6-7-28-12-22/h8-11,13H,5-7,12H2,1-4H3/t22-/m1/s1. The van der Waals surface area contributed by atoms with Gasteiger partial charge in [0.1, 0.15) is 11.9 Å². The number of hydrogen-bond donors (Lipinski definition) is 0. The van der Waals surface area contributed by atoms with Gasteiger partial charge in [0.25, 0.3) is 0 Å². The monoisotopic (exact) mass is 395 g/mol. The number of aromatic nitrogens is 3. The molecule has 1 saturated heterocycles. The van der Waals surface area contributed by atoms with Crippen molar-refractivity contribution in [1.29, 1.82) is 0 Å². The van der Waals surface area contributed by atoms with E-state index in [9.17, 15) is 4.79 Å². The number of aryl methyl sites for hydroxylation is 2. The van der Waals surface area contributed by atoms with E-state index in [1.54, 1.807) is 26.4 Å². The minimum absolute atomic E-state index is 0.282. The third-order valence-electron chi connectivity index (χ3n) is 5.43. The fraction of sp³-hybridized carbons (Fsp3) is 0.409. The molecule has 152 valence electrons. The molecule has 4 rings (SSSR count). The van der Waals surface area contributed by atoms with Crippen molar-refractivity contribution in [3.05, 3.63) is 53.2 Å². The molecule has 7 heteroatoms. The largest absolute Gasteiger partial charge is 0.461 e. The summed E-state index contributed by atoms with van der Waals surface area (Å²) in [6.45, 7) is 7.28. The number of pyridine rings is 1. The zero-order valence-electron chi connectivity index (χ0n) is 17.2. The average molecular weight is 395 g/mol. The van der Waals surface area contributed by atoms with Crippen LogP contribution in [0.25, 0.3) is 16.8 Å². The van der Waals surface area contributed by atoms with Gasteiger partial charge in [0.15, 0.2) is 5.69 Å². The average Bonchev–Trinajstić information content (AvgIpc) is 3.33. The van der Waals surface area contributed by atoms with Crippen molar-refractivity contribution in [1.82, 2.24) is 14.4 Å². The number of esters is 1. The van der Waals surface area contributed by atoms with Gasteiger partial charge in [-0.3, -0.25) is 0 Å². The quantitative estimate of drug-likeness (QED) is 0.616. The predicted molar refractivity (Wildman–Crippen MR) is 108 cm³/mol. The molecule has 1 fully saturated rings. The van der Waals surface area contributed by atoms with Gasteiger partial charge in [-0.15, -0.1) is 0 Å². The van der Waals surface area contributed by atoms with Gasteiger partial charge in [0.05, 0.1) is 30.1 Å². The lowest BCUT2D eigenvalue weighted by molar-refractivity contribution is -0.0245. The SMILES string of the molecule is CCOC(=O)c1cc2c(-c3cc(C)cc([C@@]4(OC)CCOC4)n3)cc(C)n2cn1. The maximum atomic E-state index is 12.2. The Morgan fingerprint density at radius 3 is 2.79 bits per heavy atom. The molecule has 0 aliphatic carbocycles. The van der Waals surface area contributed by atoms with E-state index in [1.165, 1.54) is 0 Å². The maximum absolute atomic E-state index is 12.2. The van der Waals surface area contributed by atoms with Gasteiger partial charge < -0.3 is 18.6 Å². The molecule has 0 unspecified atom stereocenters. The molecule has 4 heterocycles. The van der Waals surface area contributed by atoms with Crippen LogP contribution in [0.2, 0.25) is 0 Å².